The van der Waals surface area contributed by atoms with Crippen LogP contribution < -0.4 is 26.0 Å². The number of hydrogen-bond donors (Lipinski definition) is 0. The first kappa shape index (κ1) is 33.8. The fourth-order valence-corrected chi connectivity index (χ4v) is 8.89. The molecule has 2 heterocycles. The Bertz CT molecular complexity index is 2840. The molecule has 0 bridgehead atoms. The minimum absolute atomic E-state index is 0.232. The van der Waals surface area contributed by atoms with Crippen molar-refractivity contribution < 1.29 is 9.14 Å². The second-order valence-electron chi connectivity index (χ2n) is 14.8. The number of anilines is 2. The molecule has 0 atom stereocenters. The average molecular weight is 729 g/mol. The Morgan fingerprint density at radius 3 is 1.47 bits per heavy atom. The van der Waals surface area contributed by atoms with Crippen LogP contribution in [0.15, 0.2) is 212 Å². The molecule has 0 amide bonds. The third kappa shape index (κ3) is 5.82. The van der Waals surface area contributed by atoms with Crippen molar-refractivity contribution in [3.05, 3.63) is 212 Å². The van der Waals surface area contributed by atoms with Gasteiger partial charge in [-0.1, -0.05) is 182 Å². The van der Waals surface area contributed by atoms with E-state index in [1.54, 1.807) is 0 Å². The van der Waals surface area contributed by atoms with Gasteiger partial charge in [0.1, 0.15) is 0 Å². The van der Waals surface area contributed by atoms with Crippen molar-refractivity contribution in [2.24, 2.45) is 0 Å². The first-order valence-corrected chi connectivity index (χ1v) is 19.6. The van der Waals surface area contributed by atoms with Crippen LogP contribution in [0.1, 0.15) is 0 Å². The number of rotatable bonds is 6. The molecule has 0 N–H and O–H groups in total. The van der Waals surface area contributed by atoms with Crippen LogP contribution in [0.25, 0.3) is 43.4 Å². The van der Waals surface area contributed by atoms with E-state index in [2.05, 4.69) is 227 Å². The molecule has 5 nitrogen and oxygen atoms in total. The van der Waals surface area contributed by atoms with Gasteiger partial charge in [-0.15, -0.1) is 0 Å². The van der Waals surface area contributed by atoms with E-state index in [9.17, 15) is 0 Å². The summed E-state index contributed by atoms with van der Waals surface area (Å²) in [4.78, 5) is 4.62. The standard InChI is InChI=1S/C48H35B4N3O2/c1-5-19-38(20-6-1)49-53(41-24-9-3-10-25-41)52-55(54(49)42-26-11-4-12-27-42)50(39-21-7-2-8-22-39)56-51(57-52)40-23-17-18-36(34-40)37-32-33-47-45-30-14-13-28-43(45)44-29-15-16-31-46(44)48(47)35-37/h1-35H. The number of benzene rings is 9. The van der Waals surface area contributed by atoms with E-state index >= 15 is 0 Å². The van der Waals surface area contributed by atoms with Crippen molar-refractivity contribution in [2.45, 2.75) is 0 Å². The lowest BCUT2D eigenvalue weighted by Crippen LogP contribution is -2.71. The summed E-state index contributed by atoms with van der Waals surface area (Å²) in [6, 6.07) is 75.4. The van der Waals surface area contributed by atoms with E-state index in [0.717, 1.165) is 38.9 Å². The lowest BCUT2D eigenvalue weighted by atomic mass is 9.58. The molecule has 2 aliphatic rings. The van der Waals surface area contributed by atoms with Gasteiger partial charge in [0.15, 0.2) is 0 Å². The molecule has 9 heteroatoms. The molecule has 0 unspecified atom stereocenters. The fourth-order valence-electron chi connectivity index (χ4n) is 8.89. The maximum Gasteiger partial charge on any atom is 0.497 e. The number of hydrogen-bond acceptors (Lipinski definition) is 5. The van der Waals surface area contributed by atoms with Gasteiger partial charge in [-0.2, -0.15) is 0 Å². The van der Waals surface area contributed by atoms with Gasteiger partial charge in [0.05, 0.1) is 0 Å². The normalized spacial score (nSPS) is 14.6. The van der Waals surface area contributed by atoms with E-state index < -0.39 is 21.4 Å². The molecule has 0 spiro atoms. The number of hydrazine groups is 1. The zero-order valence-electron chi connectivity index (χ0n) is 31.2. The molecule has 0 saturated carbocycles. The van der Waals surface area contributed by atoms with E-state index in [4.69, 9.17) is 9.14 Å². The summed E-state index contributed by atoms with van der Waals surface area (Å²) in [5, 5.41) is 7.57. The van der Waals surface area contributed by atoms with Crippen LogP contribution in [0.5, 0.6) is 0 Å². The lowest BCUT2D eigenvalue weighted by molar-refractivity contribution is 0.360. The van der Waals surface area contributed by atoms with E-state index in [0.29, 0.717) is 0 Å². The van der Waals surface area contributed by atoms with Crippen LogP contribution in [-0.4, -0.2) is 33.2 Å². The Morgan fingerprint density at radius 1 is 0.351 bits per heavy atom. The van der Waals surface area contributed by atoms with Crippen molar-refractivity contribution in [1.82, 2.24) is 4.83 Å². The molecule has 11 rings (SSSR count). The zero-order valence-corrected chi connectivity index (χ0v) is 31.2. The summed E-state index contributed by atoms with van der Waals surface area (Å²) in [6.07, 6.45) is 0. The van der Waals surface area contributed by atoms with Crippen molar-refractivity contribution in [2.75, 3.05) is 9.64 Å². The maximum atomic E-state index is 7.27. The predicted molar refractivity (Wildman–Crippen MR) is 241 cm³/mol. The molecule has 2 fully saturated rings. The molecular weight excluding hydrogens is 694 g/mol. The molecule has 2 aliphatic heterocycles. The average Bonchev–Trinajstić information content (AvgIpc) is 3.65. The molecule has 0 aromatic heterocycles. The highest BCUT2D eigenvalue weighted by Crippen LogP contribution is 2.38. The number of nitrogens with zero attached hydrogens (tertiary/aromatic N) is 3. The highest BCUT2D eigenvalue weighted by atomic mass is 16.6. The quantitative estimate of drug-likeness (QED) is 0.126. The highest BCUT2D eigenvalue weighted by molar-refractivity contribution is 7.01. The van der Waals surface area contributed by atoms with Gasteiger partial charge in [-0.25, -0.2) is 4.83 Å². The Balaban J connectivity index is 1.06. The van der Waals surface area contributed by atoms with E-state index in [1.165, 1.54) is 32.3 Å². The number of para-hydroxylation sites is 2. The molecule has 57 heavy (non-hydrogen) atoms. The van der Waals surface area contributed by atoms with Gasteiger partial charge in [0.2, 0.25) is 0 Å². The van der Waals surface area contributed by atoms with Gasteiger partial charge in [0.25, 0.3) is 0 Å². The molecule has 2 saturated heterocycles. The van der Waals surface area contributed by atoms with Crippen LogP contribution in [0.4, 0.5) is 11.4 Å². The number of fused-ring (bicyclic) bond motifs is 7. The smallest absolute Gasteiger partial charge is 0.454 e. The minimum atomic E-state index is -0.667. The van der Waals surface area contributed by atoms with Gasteiger partial charge >= 0.3 is 28.3 Å². The topological polar surface area (TPSA) is 28.2 Å². The monoisotopic (exact) mass is 729 g/mol. The van der Waals surface area contributed by atoms with Crippen molar-refractivity contribution in [3.63, 3.8) is 0 Å². The Morgan fingerprint density at radius 2 is 0.842 bits per heavy atom. The van der Waals surface area contributed by atoms with Gasteiger partial charge < -0.3 is 18.8 Å². The summed E-state index contributed by atoms with van der Waals surface area (Å²) < 4.78 is 16.9. The molecule has 0 aliphatic carbocycles. The molecular formula is C48H35B4N3O2. The van der Waals surface area contributed by atoms with Gasteiger partial charge in [-0.3, -0.25) is 0 Å². The predicted octanol–water partition coefficient (Wildman–Crippen LogP) is 8.57. The second kappa shape index (κ2) is 14.2. The Kier molecular flexibility index (Phi) is 8.43. The van der Waals surface area contributed by atoms with E-state index in [1.807, 2.05) is 0 Å². The first-order valence-electron chi connectivity index (χ1n) is 19.6. The first-order chi connectivity index (χ1) is 28.3. The maximum absolute atomic E-state index is 7.27. The lowest BCUT2D eigenvalue weighted by Gasteiger charge is -2.42. The van der Waals surface area contributed by atoms with Crippen LogP contribution in [0.3, 0.4) is 0 Å². The summed E-state index contributed by atoms with van der Waals surface area (Å²) in [7, 11) is -1.66. The third-order valence-electron chi connectivity index (χ3n) is 11.4. The molecule has 266 valence electrons. The van der Waals surface area contributed by atoms with Crippen LogP contribution in [0.2, 0.25) is 0 Å². The highest BCUT2D eigenvalue weighted by Gasteiger charge is 2.62. The van der Waals surface area contributed by atoms with Crippen LogP contribution >= 0.6 is 0 Å². The summed E-state index contributed by atoms with van der Waals surface area (Å²) in [5.41, 5.74) is 7.49. The fraction of sp³-hybridized carbons (Fsp3) is 0. The minimum Gasteiger partial charge on any atom is -0.454 e. The van der Waals surface area contributed by atoms with Crippen molar-refractivity contribution in [3.8, 4) is 11.1 Å². The third-order valence-corrected chi connectivity index (χ3v) is 11.4. The second-order valence-corrected chi connectivity index (χ2v) is 14.8. The van der Waals surface area contributed by atoms with Crippen molar-refractivity contribution >= 4 is 88.4 Å². The Hall–Kier alpha value is -6.50. The van der Waals surface area contributed by atoms with Crippen LogP contribution in [-0.2, 0) is 9.14 Å². The van der Waals surface area contributed by atoms with Crippen molar-refractivity contribution in [1.29, 1.82) is 0 Å². The molecule has 0 radical (unpaired) electrons. The van der Waals surface area contributed by atoms with Gasteiger partial charge in [-0.05, 0) is 90.2 Å². The largest absolute Gasteiger partial charge is 0.497 e. The molecule has 9 aromatic carbocycles. The summed E-state index contributed by atoms with van der Waals surface area (Å²) in [6.45, 7) is -0.232. The van der Waals surface area contributed by atoms with E-state index in [-0.39, 0.29) is 6.98 Å². The molecule has 9 aromatic rings. The summed E-state index contributed by atoms with van der Waals surface area (Å²) in [5.74, 6) is 0. The Labute approximate surface area is 334 Å². The van der Waals surface area contributed by atoms with Gasteiger partial charge in [0, 0.05) is 11.4 Å². The zero-order chi connectivity index (χ0) is 37.7. The summed E-state index contributed by atoms with van der Waals surface area (Å²) >= 11 is 0. The SMILES string of the molecule is c1ccc(B2OB(c3cccc(-c4ccc5c6ccccc6c6ccccc6c5c4)c3)OB3N(c4ccccc4)B(c4ccccc4)N(c4ccccc4)N23)cc1. The van der Waals surface area contributed by atoms with Crippen LogP contribution in [0, 0.1) is 0 Å².